The number of aromatic nitrogens is 3. The van der Waals surface area contributed by atoms with E-state index in [1.54, 1.807) is 12.4 Å². The smallest absolute Gasteiger partial charge is 0.194 e. The van der Waals surface area contributed by atoms with Crippen molar-refractivity contribution in [3.63, 3.8) is 0 Å². The highest BCUT2D eigenvalue weighted by Crippen LogP contribution is 2.27. The highest BCUT2D eigenvalue weighted by atomic mass is 16.3. The number of hydrogen-bond donors (Lipinski definition) is 2. The van der Waals surface area contributed by atoms with Crippen LogP contribution in [0.3, 0.4) is 0 Å². The van der Waals surface area contributed by atoms with Crippen LogP contribution in [0.25, 0.3) is 0 Å². The number of aromatic hydroxyl groups is 1. The topological polar surface area (TPSA) is 81.8 Å². The number of piperazine rings is 1. The van der Waals surface area contributed by atoms with Crippen LogP contribution in [0.1, 0.15) is 19.7 Å². The van der Waals surface area contributed by atoms with E-state index in [4.69, 9.17) is 4.99 Å². The van der Waals surface area contributed by atoms with Gasteiger partial charge < -0.3 is 24.8 Å². The lowest BCUT2D eigenvalue weighted by Crippen LogP contribution is -2.52. The summed E-state index contributed by atoms with van der Waals surface area (Å²) in [6.45, 7) is 9.69. The van der Waals surface area contributed by atoms with E-state index in [2.05, 4.69) is 39.2 Å². The zero-order valence-corrected chi connectivity index (χ0v) is 15.5. The molecule has 2 N–H and O–H groups in total. The number of guanidine groups is 1. The minimum absolute atomic E-state index is 0.334. The third-order valence-electron chi connectivity index (χ3n) is 4.54. The number of aliphatic imine (C=N–C) groups is 1. The molecule has 0 unspecified atom stereocenters. The summed E-state index contributed by atoms with van der Waals surface area (Å²) in [6.07, 6.45) is 1.74. The molecule has 8 heteroatoms. The van der Waals surface area contributed by atoms with Crippen molar-refractivity contribution in [2.24, 2.45) is 4.99 Å². The predicted molar refractivity (Wildman–Crippen MR) is 102 cm³/mol. The maximum Gasteiger partial charge on any atom is 0.194 e. The minimum Gasteiger partial charge on any atom is -0.506 e. The molecular formula is C18H27N7O. The molecule has 2 aromatic rings. The fraction of sp³-hybridized carbons (Fsp3) is 0.500. The summed E-state index contributed by atoms with van der Waals surface area (Å²) < 4.78 is 2.00. The first kappa shape index (κ1) is 18.0. The molecule has 0 amide bonds. The second-order valence-electron chi connectivity index (χ2n) is 6.17. The van der Waals surface area contributed by atoms with Gasteiger partial charge >= 0.3 is 0 Å². The molecule has 0 radical (unpaired) electrons. The van der Waals surface area contributed by atoms with Crippen LogP contribution in [0.5, 0.6) is 5.75 Å². The number of nitrogens with zero attached hydrogens (tertiary/aromatic N) is 6. The molecule has 1 aromatic carbocycles. The Morgan fingerprint density at radius 2 is 1.96 bits per heavy atom. The van der Waals surface area contributed by atoms with E-state index in [-0.39, 0.29) is 0 Å². The SMILES string of the molecule is CCNC(=NCc1nncn1CC)N1CCN(c2ccccc2O)CC1. The summed E-state index contributed by atoms with van der Waals surface area (Å²) in [5, 5.41) is 21.5. The van der Waals surface area contributed by atoms with E-state index in [0.717, 1.165) is 56.7 Å². The van der Waals surface area contributed by atoms with E-state index in [0.29, 0.717) is 12.3 Å². The Bertz CT molecular complexity index is 735. The number of phenols is 1. The van der Waals surface area contributed by atoms with E-state index in [1.807, 2.05) is 22.8 Å². The van der Waals surface area contributed by atoms with Crippen LogP contribution in [0.2, 0.25) is 0 Å². The molecule has 0 bridgehead atoms. The highest BCUT2D eigenvalue weighted by Gasteiger charge is 2.21. The fourth-order valence-corrected chi connectivity index (χ4v) is 3.13. The second kappa shape index (κ2) is 8.55. The monoisotopic (exact) mass is 357 g/mol. The van der Waals surface area contributed by atoms with Gasteiger partial charge in [0.25, 0.3) is 0 Å². The van der Waals surface area contributed by atoms with Crippen LogP contribution < -0.4 is 10.2 Å². The van der Waals surface area contributed by atoms with Crippen LogP contribution in [0.4, 0.5) is 5.69 Å². The minimum atomic E-state index is 0.334. The summed E-state index contributed by atoms with van der Waals surface area (Å²) in [4.78, 5) is 9.21. The molecule has 1 saturated heterocycles. The van der Waals surface area contributed by atoms with E-state index >= 15 is 0 Å². The average Bonchev–Trinajstić information content (AvgIpc) is 3.13. The predicted octanol–water partition coefficient (Wildman–Crippen LogP) is 1.29. The summed E-state index contributed by atoms with van der Waals surface area (Å²) >= 11 is 0. The van der Waals surface area contributed by atoms with Gasteiger partial charge in [0.05, 0.1) is 5.69 Å². The Morgan fingerprint density at radius 1 is 1.19 bits per heavy atom. The van der Waals surface area contributed by atoms with E-state index in [9.17, 15) is 5.11 Å². The van der Waals surface area contributed by atoms with Gasteiger partial charge in [0.2, 0.25) is 0 Å². The van der Waals surface area contributed by atoms with Crippen LogP contribution in [-0.4, -0.2) is 63.5 Å². The number of nitrogens with one attached hydrogen (secondary N) is 1. The molecule has 8 nitrogen and oxygen atoms in total. The highest BCUT2D eigenvalue weighted by molar-refractivity contribution is 5.80. The Morgan fingerprint density at radius 3 is 2.65 bits per heavy atom. The molecule has 1 aliphatic rings. The van der Waals surface area contributed by atoms with E-state index < -0.39 is 0 Å². The first-order chi connectivity index (χ1) is 12.7. The molecule has 0 aliphatic carbocycles. The van der Waals surface area contributed by atoms with Crippen molar-refractivity contribution in [1.29, 1.82) is 0 Å². The lowest BCUT2D eigenvalue weighted by Gasteiger charge is -2.37. The molecule has 1 fully saturated rings. The van der Waals surface area contributed by atoms with Gasteiger partial charge in [0, 0.05) is 39.3 Å². The van der Waals surface area contributed by atoms with Gasteiger partial charge in [0.15, 0.2) is 11.8 Å². The number of benzene rings is 1. The molecule has 1 aliphatic heterocycles. The second-order valence-corrected chi connectivity index (χ2v) is 6.17. The standard InChI is InChI=1S/C18H27N7O/c1-3-19-18(20-13-17-22-21-14-23(17)4-2)25-11-9-24(10-12-25)15-7-5-6-8-16(15)26/h5-8,14,26H,3-4,9-13H2,1-2H3,(H,19,20). The largest absolute Gasteiger partial charge is 0.506 e. The van der Waals surface area contributed by atoms with Gasteiger partial charge in [-0.15, -0.1) is 10.2 Å². The molecule has 2 heterocycles. The van der Waals surface area contributed by atoms with Crippen LogP contribution in [0.15, 0.2) is 35.6 Å². The maximum atomic E-state index is 10.1. The summed E-state index contributed by atoms with van der Waals surface area (Å²) in [6, 6.07) is 7.50. The van der Waals surface area contributed by atoms with Crippen molar-refractivity contribution in [2.75, 3.05) is 37.6 Å². The molecule has 1 aromatic heterocycles. The zero-order valence-electron chi connectivity index (χ0n) is 15.5. The first-order valence-corrected chi connectivity index (χ1v) is 9.15. The van der Waals surface area contributed by atoms with Gasteiger partial charge in [-0.05, 0) is 26.0 Å². The van der Waals surface area contributed by atoms with Crippen molar-refractivity contribution in [2.45, 2.75) is 26.9 Å². The van der Waals surface area contributed by atoms with Crippen molar-refractivity contribution in [3.05, 3.63) is 36.4 Å². The molecule has 0 saturated carbocycles. The third-order valence-corrected chi connectivity index (χ3v) is 4.54. The molecular weight excluding hydrogens is 330 g/mol. The summed E-state index contributed by atoms with van der Waals surface area (Å²) in [5.41, 5.74) is 0.894. The number of rotatable bonds is 5. The van der Waals surface area contributed by atoms with Crippen LogP contribution in [0, 0.1) is 0 Å². The van der Waals surface area contributed by atoms with Gasteiger partial charge in [-0.1, -0.05) is 12.1 Å². The molecule has 0 spiro atoms. The Kier molecular flexibility index (Phi) is 5.93. The van der Waals surface area contributed by atoms with Crippen molar-refractivity contribution >= 4 is 11.6 Å². The normalized spacial score (nSPS) is 15.4. The van der Waals surface area contributed by atoms with Crippen molar-refractivity contribution < 1.29 is 5.11 Å². The summed E-state index contributed by atoms with van der Waals surface area (Å²) in [5.74, 6) is 2.10. The first-order valence-electron chi connectivity index (χ1n) is 9.15. The quantitative estimate of drug-likeness (QED) is 0.620. The molecule has 3 rings (SSSR count). The van der Waals surface area contributed by atoms with Gasteiger partial charge in [-0.3, -0.25) is 0 Å². The maximum absolute atomic E-state index is 10.1. The number of hydrogen-bond acceptors (Lipinski definition) is 5. The fourth-order valence-electron chi connectivity index (χ4n) is 3.13. The van der Waals surface area contributed by atoms with E-state index in [1.165, 1.54) is 0 Å². The van der Waals surface area contributed by atoms with Crippen LogP contribution >= 0.6 is 0 Å². The molecule has 0 atom stereocenters. The summed E-state index contributed by atoms with van der Waals surface area (Å²) in [7, 11) is 0. The lowest BCUT2D eigenvalue weighted by molar-refractivity contribution is 0.369. The average molecular weight is 357 g/mol. The number of para-hydroxylation sites is 2. The Labute approximate surface area is 154 Å². The Balaban J connectivity index is 1.65. The number of anilines is 1. The lowest BCUT2D eigenvalue weighted by atomic mass is 10.2. The zero-order chi connectivity index (χ0) is 18.4. The Hall–Kier alpha value is -2.77. The van der Waals surface area contributed by atoms with Gasteiger partial charge in [-0.2, -0.15) is 0 Å². The van der Waals surface area contributed by atoms with Gasteiger partial charge in [0.1, 0.15) is 18.6 Å². The number of aryl methyl sites for hydroxylation is 1. The third kappa shape index (κ3) is 4.07. The number of phenolic OH excluding ortho intramolecular Hbond substituents is 1. The van der Waals surface area contributed by atoms with Crippen molar-refractivity contribution in [3.8, 4) is 5.75 Å². The van der Waals surface area contributed by atoms with Crippen molar-refractivity contribution in [1.82, 2.24) is 25.0 Å². The molecule has 140 valence electrons. The van der Waals surface area contributed by atoms with Gasteiger partial charge in [-0.25, -0.2) is 4.99 Å². The molecule has 26 heavy (non-hydrogen) atoms. The van der Waals surface area contributed by atoms with Crippen LogP contribution in [-0.2, 0) is 13.1 Å².